The zero-order valence-electron chi connectivity index (χ0n) is 16.2. The number of halogens is 1. The van der Waals surface area contributed by atoms with E-state index in [-0.39, 0.29) is 11.9 Å². The van der Waals surface area contributed by atoms with Gasteiger partial charge in [0.05, 0.1) is 10.5 Å². The predicted molar refractivity (Wildman–Crippen MR) is 115 cm³/mol. The molecule has 0 saturated heterocycles. The van der Waals surface area contributed by atoms with Gasteiger partial charge in [-0.15, -0.1) is 0 Å². The van der Waals surface area contributed by atoms with Crippen molar-refractivity contribution in [3.05, 3.63) is 75.9 Å². The van der Waals surface area contributed by atoms with Crippen molar-refractivity contribution in [3.8, 4) is 0 Å². The van der Waals surface area contributed by atoms with Crippen LogP contribution in [0.5, 0.6) is 0 Å². The third-order valence-electron chi connectivity index (χ3n) is 5.54. The van der Waals surface area contributed by atoms with Crippen LogP contribution in [-0.4, -0.2) is 16.9 Å². The van der Waals surface area contributed by atoms with Crippen molar-refractivity contribution in [2.45, 2.75) is 51.5 Å². The van der Waals surface area contributed by atoms with Gasteiger partial charge in [-0.3, -0.25) is 9.78 Å². The highest BCUT2D eigenvalue weighted by atomic mass is 35.5. The predicted octanol–water partition coefficient (Wildman–Crippen LogP) is 5.52. The summed E-state index contributed by atoms with van der Waals surface area (Å²) < 4.78 is 0. The molecule has 1 aromatic heterocycles. The summed E-state index contributed by atoms with van der Waals surface area (Å²) in [7, 11) is 0. The summed E-state index contributed by atoms with van der Waals surface area (Å²) >= 11 is 6.63. The zero-order chi connectivity index (χ0) is 19.5. The average molecular weight is 393 g/mol. The maximum atomic E-state index is 12.7. The Kier molecular flexibility index (Phi) is 5.63. The van der Waals surface area contributed by atoms with Crippen molar-refractivity contribution in [3.63, 3.8) is 0 Å². The van der Waals surface area contributed by atoms with Gasteiger partial charge in [-0.05, 0) is 68.7 Å². The Hall–Kier alpha value is -2.39. The zero-order valence-corrected chi connectivity index (χ0v) is 16.9. The number of benzene rings is 2. The number of aromatic nitrogens is 1. The molecule has 0 fully saturated rings. The smallest absolute Gasteiger partial charge is 0.251 e. The van der Waals surface area contributed by atoms with E-state index < -0.39 is 0 Å². The van der Waals surface area contributed by atoms with E-state index in [1.54, 1.807) is 0 Å². The van der Waals surface area contributed by atoms with E-state index in [1.807, 2.05) is 43.3 Å². The van der Waals surface area contributed by atoms with Crippen LogP contribution in [0.1, 0.15) is 53.4 Å². The van der Waals surface area contributed by atoms with Crippen molar-refractivity contribution in [2.24, 2.45) is 0 Å². The molecule has 1 N–H and O–H groups in total. The van der Waals surface area contributed by atoms with Crippen molar-refractivity contribution in [1.82, 2.24) is 10.3 Å². The molecule has 1 unspecified atom stereocenters. The lowest BCUT2D eigenvalue weighted by Gasteiger charge is -2.18. The fraction of sp³-hybridized carbons (Fsp3) is 0.333. The van der Waals surface area contributed by atoms with E-state index in [1.165, 1.54) is 17.5 Å². The third-order valence-corrected chi connectivity index (χ3v) is 5.97. The van der Waals surface area contributed by atoms with Crippen LogP contribution in [0.2, 0.25) is 5.02 Å². The number of hydrogen-bond donors (Lipinski definition) is 1. The fourth-order valence-electron chi connectivity index (χ4n) is 3.92. The number of rotatable bonds is 5. The summed E-state index contributed by atoms with van der Waals surface area (Å²) in [4.78, 5) is 17.5. The van der Waals surface area contributed by atoms with Crippen LogP contribution < -0.4 is 5.32 Å². The molecule has 1 heterocycles. The van der Waals surface area contributed by atoms with Gasteiger partial charge in [-0.1, -0.05) is 48.0 Å². The lowest BCUT2D eigenvalue weighted by molar-refractivity contribution is 0.0938. The lowest BCUT2D eigenvalue weighted by atomic mass is 9.94. The Morgan fingerprint density at radius 2 is 1.93 bits per heavy atom. The van der Waals surface area contributed by atoms with Crippen LogP contribution >= 0.6 is 11.6 Å². The molecule has 3 aromatic rings. The molecule has 1 atom stereocenters. The first kappa shape index (κ1) is 18.9. The molecule has 28 heavy (non-hydrogen) atoms. The van der Waals surface area contributed by atoms with Gasteiger partial charge in [0.15, 0.2) is 0 Å². The number of carbonyl (C=O) groups is 1. The maximum absolute atomic E-state index is 12.7. The number of fused-ring (bicyclic) bond motifs is 2. The Balaban J connectivity index is 1.48. The van der Waals surface area contributed by atoms with E-state index in [0.29, 0.717) is 5.56 Å². The van der Waals surface area contributed by atoms with Crippen molar-refractivity contribution >= 4 is 28.4 Å². The van der Waals surface area contributed by atoms with E-state index in [0.717, 1.165) is 53.7 Å². The summed E-state index contributed by atoms with van der Waals surface area (Å²) in [6, 6.07) is 16.1. The summed E-state index contributed by atoms with van der Waals surface area (Å²) in [5.74, 6) is -0.0573. The van der Waals surface area contributed by atoms with Crippen LogP contribution in [0.15, 0.2) is 48.5 Å². The molecule has 1 amide bonds. The maximum Gasteiger partial charge on any atom is 0.251 e. The molecule has 3 nitrogen and oxygen atoms in total. The number of amides is 1. The number of aryl methyl sites for hydroxylation is 2. The number of carbonyl (C=O) groups excluding carboxylic acids is 1. The number of hydrogen-bond acceptors (Lipinski definition) is 2. The van der Waals surface area contributed by atoms with E-state index in [2.05, 4.69) is 17.4 Å². The van der Waals surface area contributed by atoms with Crippen LogP contribution in [0, 0.1) is 0 Å². The largest absolute Gasteiger partial charge is 0.350 e. The number of pyridine rings is 1. The van der Waals surface area contributed by atoms with E-state index in [9.17, 15) is 4.79 Å². The summed E-state index contributed by atoms with van der Waals surface area (Å²) in [6.07, 6.45) is 6.14. The molecule has 1 aliphatic carbocycles. The van der Waals surface area contributed by atoms with Gasteiger partial charge in [-0.2, -0.15) is 0 Å². The Morgan fingerprint density at radius 3 is 2.75 bits per heavy atom. The van der Waals surface area contributed by atoms with Crippen LogP contribution in [0.25, 0.3) is 10.9 Å². The van der Waals surface area contributed by atoms with Crippen LogP contribution in [0.3, 0.4) is 0 Å². The fourth-order valence-corrected chi connectivity index (χ4v) is 4.28. The Labute approximate surface area is 171 Å². The monoisotopic (exact) mass is 392 g/mol. The molecule has 0 radical (unpaired) electrons. The number of nitrogens with one attached hydrogen (secondary N) is 1. The van der Waals surface area contributed by atoms with Gasteiger partial charge in [-0.25, -0.2) is 0 Å². The Bertz CT molecular complexity index is 1000. The van der Waals surface area contributed by atoms with Gasteiger partial charge in [0.25, 0.3) is 5.91 Å². The molecule has 144 valence electrons. The van der Waals surface area contributed by atoms with E-state index in [4.69, 9.17) is 16.6 Å². The second kappa shape index (κ2) is 8.32. The van der Waals surface area contributed by atoms with Crippen molar-refractivity contribution in [2.75, 3.05) is 0 Å². The minimum absolute atomic E-state index is 0.0573. The molecule has 0 spiro atoms. The molecule has 4 rings (SSSR count). The summed E-state index contributed by atoms with van der Waals surface area (Å²) in [6.45, 7) is 2.05. The van der Waals surface area contributed by atoms with E-state index >= 15 is 0 Å². The van der Waals surface area contributed by atoms with Gasteiger partial charge in [0.1, 0.15) is 0 Å². The minimum atomic E-state index is -0.0573. The Morgan fingerprint density at radius 1 is 1.14 bits per heavy atom. The molecule has 0 bridgehead atoms. The summed E-state index contributed by atoms with van der Waals surface area (Å²) in [5.41, 5.74) is 5.02. The first-order valence-electron chi connectivity index (χ1n) is 10.1. The lowest BCUT2D eigenvalue weighted by Crippen LogP contribution is -2.32. The normalized spacial score (nSPS) is 14.5. The highest BCUT2D eigenvalue weighted by Crippen LogP contribution is 2.33. The van der Waals surface area contributed by atoms with Crippen LogP contribution in [0.4, 0.5) is 0 Å². The molecule has 0 saturated carbocycles. The molecular formula is C24H25ClN2O. The number of nitrogens with zero attached hydrogens (tertiary/aromatic N) is 1. The first-order chi connectivity index (χ1) is 13.6. The average Bonchev–Trinajstić information content (AvgIpc) is 2.73. The standard InChI is InChI=1S/C24H25ClN2O/c1-16(11-12-17-7-3-2-4-8-17)26-24(28)18-13-14-20-22(15-18)27-21-10-6-5-9-19(21)23(20)25/h2-4,7-8,13-16H,5-6,9-12H2,1H3,(H,26,28). The molecule has 4 heteroatoms. The van der Waals surface area contributed by atoms with Gasteiger partial charge in [0.2, 0.25) is 0 Å². The van der Waals surface area contributed by atoms with Crippen molar-refractivity contribution < 1.29 is 4.79 Å². The molecule has 0 aliphatic heterocycles. The second-order valence-electron chi connectivity index (χ2n) is 7.69. The highest BCUT2D eigenvalue weighted by molar-refractivity contribution is 6.36. The van der Waals surface area contributed by atoms with Crippen LogP contribution in [-0.2, 0) is 19.3 Å². The SMILES string of the molecule is CC(CCc1ccccc1)NC(=O)c1ccc2c(Cl)c3c(nc2c1)CCCC3. The molecule has 2 aromatic carbocycles. The minimum Gasteiger partial charge on any atom is -0.350 e. The molecular weight excluding hydrogens is 368 g/mol. The quantitative estimate of drug-likeness (QED) is 0.621. The van der Waals surface area contributed by atoms with Gasteiger partial charge in [0, 0.05) is 22.7 Å². The van der Waals surface area contributed by atoms with Crippen molar-refractivity contribution in [1.29, 1.82) is 0 Å². The first-order valence-corrected chi connectivity index (χ1v) is 10.5. The third kappa shape index (κ3) is 4.05. The second-order valence-corrected chi connectivity index (χ2v) is 8.07. The van der Waals surface area contributed by atoms with Gasteiger partial charge >= 0.3 is 0 Å². The van der Waals surface area contributed by atoms with Gasteiger partial charge < -0.3 is 5.32 Å². The molecule has 1 aliphatic rings. The topological polar surface area (TPSA) is 42.0 Å². The highest BCUT2D eigenvalue weighted by Gasteiger charge is 2.18. The summed E-state index contributed by atoms with van der Waals surface area (Å²) in [5, 5.41) is 4.86.